The fraction of sp³-hybridized carbons (Fsp3) is 0.733. The zero-order valence-electron chi connectivity index (χ0n) is 13.4. The van der Waals surface area contributed by atoms with Crippen LogP contribution in [0.4, 0.5) is 0 Å². The summed E-state index contributed by atoms with van der Waals surface area (Å²) in [6, 6.07) is 3.11. The van der Waals surface area contributed by atoms with E-state index in [1.54, 1.807) is 6.20 Å². The van der Waals surface area contributed by atoms with E-state index in [2.05, 4.69) is 39.5 Å². The van der Waals surface area contributed by atoms with E-state index in [4.69, 9.17) is 0 Å². The minimum atomic E-state index is 0.524. The van der Waals surface area contributed by atoms with Crippen LogP contribution in [-0.4, -0.2) is 59.4 Å². The zero-order valence-corrected chi connectivity index (χ0v) is 13.4. The van der Waals surface area contributed by atoms with E-state index in [0.29, 0.717) is 12.1 Å². The van der Waals surface area contributed by atoms with E-state index in [9.17, 15) is 0 Å². The van der Waals surface area contributed by atoms with Crippen molar-refractivity contribution in [3.05, 3.63) is 18.5 Å². The van der Waals surface area contributed by atoms with E-state index >= 15 is 0 Å². The highest BCUT2D eigenvalue weighted by atomic mass is 15.3. The Kier molecular flexibility index (Phi) is 6.04. The second-order valence-corrected chi connectivity index (χ2v) is 5.82. The molecule has 0 unspecified atom stereocenters. The van der Waals surface area contributed by atoms with Crippen LogP contribution in [0.5, 0.6) is 0 Å². The minimum absolute atomic E-state index is 0.524. The average Bonchev–Trinajstić information content (AvgIpc) is 3.00. The first-order valence-electron chi connectivity index (χ1n) is 7.87. The molecule has 118 valence electrons. The number of hydrogen-bond acceptors (Lipinski definition) is 3. The van der Waals surface area contributed by atoms with Gasteiger partial charge in [0.1, 0.15) is 0 Å². The zero-order chi connectivity index (χ0) is 15.1. The standard InChI is InChI=1S/C15H28N6/c1-13(2)20-10-5-14(6-11-20)19-15(16-3)17-8-12-21-9-4-7-18-21/h4,7,9,13-14H,5-6,8,10-12H2,1-3H3,(H2,16,17,19). The van der Waals surface area contributed by atoms with Crippen LogP contribution in [0.25, 0.3) is 0 Å². The monoisotopic (exact) mass is 292 g/mol. The van der Waals surface area contributed by atoms with Crippen molar-refractivity contribution >= 4 is 5.96 Å². The number of piperidine rings is 1. The van der Waals surface area contributed by atoms with E-state index in [0.717, 1.165) is 19.0 Å². The second kappa shape index (κ2) is 8.02. The quantitative estimate of drug-likeness (QED) is 0.626. The van der Waals surface area contributed by atoms with Crippen LogP contribution in [0.3, 0.4) is 0 Å². The summed E-state index contributed by atoms with van der Waals surface area (Å²) in [5, 5.41) is 11.1. The molecule has 0 aromatic carbocycles. The first-order chi connectivity index (χ1) is 10.2. The Labute approximate surface area is 127 Å². The number of likely N-dealkylation sites (tertiary alicyclic amines) is 1. The van der Waals surface area contributed by atoms with Gasteiger partial charge in [-0.05, 0) is 32.8 Å². The van der Waals surface area contributed by atoms with Crippen molar-refractivity contribution in [3.63, 3.8) is 0 Å². The smallest absolute Gasteiger partial charge is 0.191 e. The van der Waals surface area contributed by atoms with Gasteiger partial charge >= 0.3 is 0 Å². The summed E-state index contributed by atoms with van der Waals surface area (Å²) < 4.78 is 1.92. The average molecular weight is 292 g/mol. The van der Waals surface area contributed by atoms with Gasteiger partial charge in [-0.2, -0.15) is 5.10 Å². The van der Waals surface area contributed by atoms with Crippen molar-refractivity contribution in [2.24, 2.45) is 4.99 Å². The largest absolute Gasteiger partial charge is 0.355 e. The molecule has 1 aromatic rings. The lowest BCUT2D eigenvalue weighted by molar-refractivity contribution is 0.167. The molecule has 1 aliphatic rings. The van der Waals surface area contributed by atoms with Gasteiger partial charge in [0, 0.05) is 51.2 Å². The Bertz CT molecular complexity index is 417. The molecule has 1 fully saturated rings. The lowest BCUT2D eigenvalue weighted by Gasteiger charge is -2.35. The number of aliphatic imine (C=N–C) groups is 1. The molecule has 0 atom stereocenters. The maximum Gasteiger partial charge on any atom is 0.191 e. The van der Waals surface area contributed by atoms with E-state index < -0.39 is 0 Å². The fourth-order valence-electron chi connectivity index (χ4n) is 2.67. The third-order valence-corrected chi connectivity index (χ3v) is 4.02. The lowest BCUT2D eigenvalue weighted by Crippen LogP contribution is -2.50. The molecule has 2 N–H and O–H groups in total. The van der Waals surface area contributed by atoms with Gasteiger partial charge in [-0.25, -0.2) is 0 Å². The Morgan fingerprint density at radius 3 is 2.71 bits per heavy atom. The molecule has 1 aromatic heterocycles. The molecular weight excluding hydrogens is 264 g/mol. The van der Waals surface area contributed by atoms with Crippen molar-refractivity contribution in [2.45, 2.75) is 45.3 Å². The number of nitrogens with zero attached hydrogens (tertiary/aromatic N) is 4. The molecule has 1 saturated heterocycles. The highest BCUT2D eigenvalue weighted by Crippen LogP contribution is 2.12. The van der Waals surface area contributed by atoms with Gasteiger partial charge in [0.15, 0.2) is 5.96 Å². The maximum atomic E-state index is 4.31. The van der Waals surface area contributed by atoms with Crippen LogP contribution >= 0.6 is 0 Å². The van der Waals surface area contributed by atoms with Crippen molar-refractivity contribution in [1.29, 1.82) is 0 Å². The summed E-state index contributed by atoms with van der Waals surface area (Å²) in [6.07, 6.45) is 6.13. The number of hydrogen-bond donors (Lipinski definition) is 2. The highest BCUT2D eigenvalue weighted by molar-refractivity contribution is 5.79. The van der Waals surface area contributed by atoms with Crippen molar-refractivity contribution in [3.8, 4) is 0 Å². The first kappa shape index (κ1) is 15.8. The van der Waals surface area contributed by atoms with Crippen LogP contribution in [0.15, 0.2) is 23.5 Å². The van der Waals surface area contributed by atoms with Gasteiger partial charge in [0.05, 0.1) is 6.54 Å². The Balaban J connectivity index is 1.68. The topological polar surface area (TPSA) is 57.5 Å². The van der Waals surface area contributed by atoms with E-state index in [1.165, 1.54) is 25.9 Å². The maximum absolute atomic E-state index is 4.31. The molecule has 1 aliphatic heterocycles. The summed E-state index contributed by atoms with van der Waals surface area (Å²) in [4.78, 5) is 6.84. The van der Waals surface area contributed by atoms with Gasteiger partial charge in [0.2, 0.25) is 0 Å². The molecule has 0 spiro atoms. The Hall–Kier alpha value is -1.56. The molecule has 0 aliphatic carbocycles. The van der Waals surface area contributed by atoms with Crippen LogP contribution in [0.1, 0.15) is 26.7 Å². The summed E-state index contributed by atoms with van der Waals surface area (Å²) >= 11 is 0. The molecule has 21 heavy (non-hydrogen) atoms. The SMILES string of the molecule is CN=C(NCCn1cccn1)NC1CCN(C(C)C)CC1. The molecule has 2 heterocycles. The van der Waals surface area contributed by atoms with Crippen molar-refractivity contribution < 1.29 is 0 Å². The molecule has 6 heteroatoms. The van der Waals surface area contributed by atoms with Gasteiger partial charge in [-0.1, -0.05) is 0 Å². The molecule has 0 bridgehead atoms. The number of guanidine groups is 1. The lowest BCUT2D eigenvalue weighted by atomic mass is 10.0. The normalized spacial score (nSPS) is 18.2. The predicted molar refractivity (Wildman–Crippen MR) is 86.5 cm³/mol. The number of rotatable bonds is 5. The van der Waals surface area contributed by atoms with Crippen LogP contribution in [-0.2, 0) is 6.54 Å². The molecule has 6 nitrogen and oxygen atoms in total. The summed E-state index contributed by atoms with van der Waals surface area (Å²) in [7, 11) is 1.83. The Morgan fingerprint density at radius 1 is 1.38 bits per heavy atom. The minimum Gasteiger partial charge on any atom is -0.355 e. The number of aromatic nitrogens is 2. The molecule has 0 amide bonds. The predicted octanol–water partition coefficient (Wildman–Crippen LogP) is 0.921. The third kappa shape index (κ3) is 5.04. The van der Waals surface area contributed by atoms with Gasteiger partial charge in [-0.15, -0.1) is 0 Å². The first-order valence-corrected chi connectivity index (χ1v) is 7.87. The van der Waals surface area contributed by atoms with Crippen LogP contribution in [0, 0.1) is 0 Å². The summed E-state index contributed by atoms with van der Waals surface area (Å²) in [6.45, 7) is 8.54. The van der Waals surface area contributed by atoms with Gasteiger partial charge in [-0.3, -0.25) is 9.67 Å². The number of nitrogens with one attached hydrogen (secondary N) is 2. The summed E-state index contributed by atoms with van der Waals surface area (Å²) in [5.41, 5.74) is 0. The summed E-state index contributed by atoms with van der Waals surface area (Å²) in [5.74, 6) is 0.894. The fourth-order valence-corrected chi connectivity index (χ4v) is 2.67. The van der Waals surface area contributed by atoms with Gasteiger partial charge in [0.25, 0.3) is 0 Å². The van der Waals surface area contributed by atoms with E-state index in [1.807, 2.05) is 24.0 Å². The van der Waals surface area contributed by atoms with Crippen molar-refractivity contribution in [1.82, 2.24) is 25.3 Å². The highest BCUT2D eigenvalue weighted by Gasteiger charge is 2.21. The third-order valence-electron chi connectivity index (χ3n) is 4.02. The second-order valence-electron chi connectivity index (χ2n) is 5.82. The molecular formula is C15H28N6. The molecule has 0 radical (unpaired) electrons. The Morgan fingerprint density at radius 2 is 2.14 bits per heavy atom. The van der Waals surface area contributed by atoms with Gasteiger partial charge < -0.3 is 15.5 Å². The van der Waals surface area contributed by atoms with Crippen molar-refractivity contribution in [2.75, 3.05) is 26.7 Å². The molecule has 2 rings (SSSR count). The molecule has 0 saturated carbocycles. The van der Waals surface area contributed by atoms with Crippen LogP contribution in [0.2, 0.25) is 0 Å². The van der Waals surface area contributed by atoms with E-state index in [-0.39, 0.29) is 0 Å². The van der Waals surface area contributed by atoms with Crippen LogP contribution < -0.4 is 10.6 Å².